The Morgan fingerprint density at radius 2 is 1.69 bits per heavy atom. The van der Waals surface area contributed by atoms with E-state index in [-0.39, 0.29) is 10.5 Å². The first-order valence-electron chi connectivity index (χ1n) is 10.4. The minimum absolute atomic E-state index is 0.161. The van der Waals surface area contributed by atoms with Crippen LogP contribution in [0.2, 0.25) is 0 Å². The second-order valence-electron chi connectivity index (χ2n) is 7.13. The van der Waals surface area contributed by atoms with E-state index in [1.165, 1.54) is 47.9 Å². The number of hydrogen-bond acceptors (Lipinski definition) is 4. The van der Waals surface area contributed by atoms with Crippen molar-refractivity contribution in [3.63, 3.8) is 0 Å². The van der Waals surface area contributed by atoms with Gasteiger partial charge in [0.05, 0.1) is 6.61 Å². The van der Waals surface area contributed by atoms with Gasteiger partial charge in [-0.3, -0.25) is 25.0 Å². The molecule has 1 heterocycles. The van der Waals surface area contributed by atoms with Crippen LogP contribution in [0.25, 0.3) is 5.69 Å². The fraction of sp³-hybridized carbons (Fsp3) is 0.261. The normalized spacial score (nSPS) is 10.6. The fourth-order valence-electron chi connectivity index (χ4n) is 3.05. The minimum atomic E-state index is -0.581. The molecule has 168 valence electrons. The SMILES string of the molecule is CCCCCCOc1ccc(C(=O)NNC(=O)c2c[nH]c(=S)n2-c2ccc(F)cc2)cc1. The molecule has 0 saturated carbocycles. The van der Waals surface area contributed by atoms with Gasteiger partial charge in [0.1, 0.15) is 17.3 Å². The molecular weight excluding hydrogens is 431 g/mol. The molecule has 0 aliphatic heterocycles. The monoisotopic (exact) mass is 456 g/mol. The van der Waals surface area contributed by atoms with E-state index >= 15 is 0 Å². The number of aromatic amines is 1. The van der Waals surface area contributed by atoms with Gasteiger partial charge in [-0.25, -0.2) is 4.39 Å². The first-order chi connectivity index (χ1) is 15.5. The number of hydrogen-bond donors (Lipinski definition) is 3. The van der Waals surface area contributed by atoms with E-state index in [9.17, 15) is 14.0 Å². The van der Waals surface area contributed by atoms with E-state index < -0.39 is 17.6 Å². The number of carbonyl (C=O) groups is 2. The van der Waals surface area contributed by atoms with Gasteiger partial charge in [-0.2, -0.15) is 0 Å². The maximum atomic E-state index is 13.2. The fourth-order valence-corrected chi connectivity index (χ4v) is 3.32. The number of carbonyl (C=O) groups excluding carboxylic acids is 2. The lowest BCUT2D eigenvalue weighted by atomic mass is 10.2. The summed E-state index contributed by atoms with van der Waals surface area (Å²) in [5.41, 5.74) is 5.79. The summed E-state index contributed by atoms with van der Waals surface area (Å²) in [4.78, 5) is 27.8. The molecule has 0 bridgehead atoms. The average molecular weight is 457 g/mol. The van der Waals surface area contributed by atoms with Crippen molar-refractivity contribution in [2.24, 2.45) is 0 Å². The lowest BCUT2D eigenvalue weighted by Gasteiger charge is -2.11. The van der Waals surface area contributed by atoms with E-state index in [2.05, 4.69) is 22.8 Å². The molecule has 3 aromatic rings. The molecule has 0 fully saturated rings. The number of hydrazine groups is 1. The first-order valence-corrected chi connectivity index (χ1v) is 10.8. The summed E-state index contributed by atoms with van der Waals surface area (Å²) in [5, 5.41) is 0. The van der Waals surface area contributed by atoms with Crippen molar-refractivity contribution in [1.29, 1.82) is 0 Å². The number of rotatable bonds is 9. The smallest absolute Gasteiger partial charge is 0.288 e. The summed E-state index contributed by atoms with van der Waals surface area (Å²) in [5.74, 6) is -0.771. The number of nitrogens with one attached hydrogen (secondary N) is 3. The van der Waals surface area contributed by atoms with Crippen LogP contribution in [0.1, 0.15) is 53.5 Å². The van der Waals surface area contributed by atoms with Crippen LogP contribution in [0.5, 0.6) is 5.75 Å². The molecule has 0 atom stereocenters. The average Bonchev–Trinajstić information content (AvgIpc) is 3.19. The maximum Gasteiger partial charge on any atom is 0.288 e. The minimum Gasteiger partial charge on any atom is -0.494 e. The van der Waals surface area contributed by atoms with Gasteiger partial charge >= 0.3 is 0 Å². The molecule has 0 aliphatic carbocycles. The van der Waals surface area contributed by atoms with Crippen molar-refractivity contribution in [2.45, 2.75) is 32.6 Å². The molecular formula is C23H25FN4O3S. The van der Waals surface area contributed by atoms with Crippen LogP contribution in [0, 0.1) is 10.6 Å². The summed E-state index contributed by atoms with van der Waals surface area (Å²) in [7, 11) is 0. The predicted octanol–water partition coefficient (Wildman–Crippen LogP) is 4.71. The summed E-state index contributed by atoms with van der Waals surface area (Å²) >= 11 is 5.22. The number of imidazole rings is 1. The lowest BCUT2D eigenvalue weighted by molar-refractivity contribution is 0.0843. The van der Waals surface area contributed by atoms with Gasteiger partial charge in [-0.05, 0) is 67.2 Å². The van der Waals surface area contributed by atoms with E-state index in [1.807, 2.05) is 0 Å². The van der Waals surface area contributed by atoms with Crippen molar-refractivity contribution < 1.29 is 18.7 Å². The van der Waals surface area contributed by atoms with Crippen molar-refractivity contribution in [3.8, 4) is 11.4 Å². The zero-order valence-electron chi connectivity index (χ0n) is 17.7. The largest absolute Gasteiger partial charge is 0.494 e. The third-order valence-electron chi connectivity index (χ3n) is 4.77. The molecule has 3 N–H and O–H groups in total. The van der Waals surface area contributed by atoms with Crippen LogP contribution in [0.3, 0.4) is 0 Å². The molecule has 0 aliphatic rings. The van der Waals surface area contributed by atoms with E-state index in [1.54, 1.807) is 24.3 Å². The highest BCUT2D eigenvalue weighted by Crippen LogP contribution is 2.15. The highest BCUT2D eigenvalue weighted by atomic mass is 32.1. The predicted molar refractivity (Wildman–Crippen MR) is 122 cm³/mol. The summed E-state index contributed by atoms with van der Waals surface area (Å²) < 4.78 is 20.6. The number of benzene rings is 2. The Bertz CT molecular complexity index is 1110. The van der Waals surface area contributed by atoms with Crippen molar-refractivity contribution in [2.75, 3.05) is 6.61 Å². The molecule has 2 amide bonds. The standard InChI is InChI=1S/C23H25FN4O3S/c1-2-3-4-5-14-31-19-12-6-16(7-13-19)21(29)26-27-22(30)20-15-25-23(32)28(20)18-10-8-17(24)9-11-18/h6-13,15H,2-5,14H2,1H3,(H,25,32)(H,26,29)(H,27,30). The van der Waals surface area contributed by atoms with Crippen molar-refractivity contribution in [3.05, 3.63) is 76.6 Å². The Morgan fingerprint density at radius 1 is 1.00 bits per heavy atom. The number of halogens is 1. The maximum absolute atomic E-state index is 13.2. The van der Waals surface area contributed by atoms with Gasteiger partial charge in [-0.15, -0.1) is 0 Å². The molecule has 7 nitrogen and oxygen atoms in total. The van der Waals surface area contributed by atoms with Crippen LogP contribution in [0.4, 0.5) is 4.39 Å². The van der Waals surface area contributed by atoms with Crippen molar-refractivity contribution >= 4 is 24.0 Å². The number of aromatic nitrogens is 2. The molecule has 32 heavy (non-hydrogen) atoms. The Hall–Kier alpha value is -3.46. The number of nitrogens with zero attached hydrogens (tertiary/aromatic N) is 1. The molecule has 0 radical (unpaired) electrons. The van der Waals surface area contributed by atoms with Crippen LogP contribution >= 0.6 is 12.2 Å². The lowest BCUT2D eigenvalue weighted by Crippen LogP contribution is -2.42. The second kappa shape index (κ2) is 11.2. The van der Waals surface area contributed by atoms with E-state index in [4.69, 9.17) is 17.0 Å². The molecule has 3 rings (SSSR count). The van der Waals surface area contributed by atoms with Gasteiger partial charge in [0.25, 0.3) is 11.8 Å². The summed E-state index contributed by atoms with van der Waals surface area (Å²) in [6.45, 7) is 2.79. The summed E-state index contributed by atoms with van der Waals surface area (Å²) in [6, 6.07) is 12.2. The van der Waals surface area contributed by atoms with Gasteiger partial charge in [0.15, 0.2) is 4.77 Å². The number of amides is 2. The van der Waals surface area contributed by atoms with Crippen LogP contribution in [0.15, 0.2) is 54.7 Å². The first kappa shape index (κ1) is 23.2. The number of H-pyrrole nitrogens is 1. The molecule has 9 heteroatoms. The molecule has 0 spiro atoms. The van der Waals surface area contributed by atoms with Gasteiger partial charge in [0, 0.05) is 17.4 Å². The molecule has 2 aromatic carbocycles. The Labute approximate surface area is 190 Å². The van der Waals surface area contributed by atoms with Crippen LogP contribution < -0.4 is 15.6 Å². The van der Waals surface area contributed by atoms with Crippen molar-refractivity contribution in [1.82, 2.24) is 20.4 Å². The van der Waals surface area contributed by atoms with E-state index in [0.717, 1.165) is 12.8 Å². The second-order valence-corrected chi connectivity index (χ2v) is 7.52. The molecule has 0 unspecified atom stereocenters. The Balaban J connectivity index is 1.57. The topological polar surface area (TPSA) is 88.2 Å². The number of unbranched alkanes of at least 4 members (excludes halogenated alkanes) is 3. The Kier molecular flexibility index (Phi) is 8.15. The van der Waals surface area contributed by atoms with Gasteiger partial charge in [0.2, 0.25) is 0 Å². The van der Waals surface area contributed by atoms with Crippen LogP contribution in [-0.4, -0.2) is 28.0 Å². The zero-order chi connectivity index (χ0) is 22.9. The van der Waals surface area contributed by atoms with Gasteiger partial charge < -0.3 is 9.72 Å². The van der Waals surface area contributed by atoms with Gasteiger partial charge in [-0.1, -0.05) is 26.2 Å². The Morgan fingerprint density at radius 3 is 2.38 bits per heavy atom. The highest BCUT2D eigenvalue weighted by molar-refractivity contribution is 7.71. The highest BCUT2D eigenvalue weighted by Gasteiger charge is 2.16. The quantitative estimate of drug-likeness (QED) is 0.247. The molecule has 1 aromatic heterocycles. The molecule has 0 saturated heterocycles. The third-order valence-corrected chi connectivity index (χ3v) is 5.07. The zero-order valence-corrected chi connectivity index (χ0v) is 18.5. The van der Waals surface area contributed by atoms with E-state index in [0.29, 0.717) is 23.6 Å². The summed E-state index contributed by atoms with van der Waals surface area (Å²) in [6.07, 6.45) is 5.90. The van der Waals surface area contributed by atoms with Crippen LogP contribution in [-0.2, 0) is 0 Å². The number of ether oxygens (including phenoxy) is 1. The third kappa shape index (κ3) is 6.04.